The third-order valence-electron chi connectivity index (χ3n) is 13.6. The molecule has 1 nitrogen and oxygen atoms in total. The third-order valence-corrected chi connectivity index (χ3v) is 14.8. The van der Waals surface area contributed by atoms with Gasteiger partial charge in [-0.3, -0.25) is 0 Å². The van der Waals surface area contributed by atoms with E-state index in [0.717, 1.165) is 5.69 Å². The van der Waals surface area contributed by atoms with Crippen LogP contribution in [0.15, 0.2) is 188 Å². The summed E-state index contributed by atoms with van der Waals surface area (Å²) in [7, 11) is 0. The number of hydrogen-bond acceptors (Lipinski definition) is 2. The molecule has 1 aromatic heterocycles. The minimum Gasteiger partial charge on any atom is -0.310 e. The Balaban J connectivity index is 1.15. The van der Waals surface area contributed by atoms with Crippen molar-refractivity contribution in [2.75, 3.05) is 4.90 Å². The number of anilines is 3. The maximum Gasteiger partial charge on any atom is 0.0540 e. The van der Waals surface area contributed by atoms with Gasteiger partial charge in [0.15, 0.2) is 0 Å². The van der Waals surface area contributed by atoms with E-state index in [-0.39, 0.29) is 10.8 Å². The molecule has 0 spiro atoms. The van der Waals surface area contributed by atoms with E-state index in [4.69, 9.17) is 0 Å². The molecule has 0 amide bonds. The maximum absolute atomic E-state index is 2.55. The minimum atomic E-state index is -0.294. The fraction of sp³-hybridized carbons (Fsp3) is 0.103. The summed E-state index contributed by atoms with van der Waals surface area (Å²) in [5, 5.41) is 5.10. The van der Waals surface area contributed by atoms with Crippen LogP contribution in [-0.4, -0.2) is 0 Å². The summed E-state index contributed by atoms with van der Waals surface area (Å²) in [5.41, 5.74) is 19.0. The van der Waals surface area contributed by atoms with Crippen LogP contribution in [0.3, 0.4) is 0 Å². The van der Waals surface area contributed by atoms with Gasteiger partial charge in [-0.1, -0.05) is 161 Å². The Morgan fingerprint density at radius 1 is 0.367 bits per heavy atom. The van der Waals surface area contributed by atoms with E-state index in [1.807, 2.05) is 11.3 Å². The summed E-state index contributed by atoms with van der Waals surface area (Å²) in [4.78, 5) is 2.55. The fourth-order valence-electron chi connectivity index (χ4n) is 10.6. The van der Waals surface area contributed by atoms with Crippen molar-refractivity contribution in [1.82, 2.24) is 0 Å². The number of nitrogens with zero attached hydrogens (tertiary/aromatic N) is 1. The summed E-state index contributed by atoms with van der Waals surface area (Å²) in [5.74, 6) is 0. The fourth-order valence-corrected chi connectivity index (χ4v) is 11.8. The van der Waals surface area contributed by atoms with Crippen LogP contribution >= 0.6 is 11.3 Å². The van der Waals surface area contributed by atoms with Crippen LogP contribution in [-0.2, 0) is 10.8 Å². The van der Waals surface area contributed by atoms with Crippen molar-refractivity contribution >= 4 is 59.3 Å². The summed E-state index contributed by atoms with van der Waals surface area (Å²) < 4.78 is 2.64. The van der Waals surface area contributed by atoms with Crippen molar-refractivity contribution < 1.29 is 0 Å². The molecular formula is C58H43NS. The Bertz CT molecular complexity index is 3360. The lowest BCUT2D eigenvalue weighted by Crippen LogP contribution is -2.21. The normalized spacial score (nSPS) is 14.3. The van der Waals surface area contributed by atoms with Gasteiger partial charge in [-0.25, -0.2) is 0 Å². The molecule has 0 radical (unpaired) electrons. The standard InChI is InChI=1S/C58H43NS/c1-57(2)49-22-12-10-20-43(49)46-34-51-47(35-50(46)57)48-31-40(39-27-30-45-44-21-11-13-24-54(44)60-55(45)33-39)32-53(56(48)58(51,3)4)59(52-23-14-18-38-17-8-9-19-42(38)52)41-28-25-37(26-29-41)36-15-6-5-7-16-36/h5-35H,1-4H3. The summed E-state index contributed by atoms with van der Waals surface area (Å²) >= 11 is 1.89. The quantitative estimate of drug-likeness (QED) is 0.168. The first-order valence-corrected chi connectivity index (χ1v) is 21.9. The first-order chi connectivity index (χ1) is 29.3. The highest BCUT2D eigenvalue weighted by molar-refractivity contribution is 7.25. The monoisotopic (exact) mass is 785 g/mol. The van der Waals surface area contributed by atoms with Crippen molar-refractivity contribution in [2.45, 2.75) is 38.5 Å². The second-order valence-corrected chi connectivity index (χ2v) is 18.8. The Morgan fingerprint density at radius 2 is 1.00 bits per heavy atom. The third kappa shape index (κ3) is 5.11. The molecule has 2 heteroatoms. The number of thiophene rings is 1. The van der Waals surface area contributed by atoms with E-state index in [1.54, 1.807) is 0 Å². The maximum atomic E-state index is 2.55. The van der Waals surface area contributed by atoms with Crippen molar-refractivity contribution in [3.63, 3.8) is 0 Å². The minimum absolute atomic E-state index is 0.101. The smallest absolute Gasteiger partial charge is 0.0540 e. The largest absolute Gasteiger partial charge is 0.310 e. The van der Waals surface area contributed by atoms with E-state index in [9.17, 15) is 0 Å². The van der Waals surface area contributed by atoms with Gasteiger partial charge in [0.2, 0.25) is 0 Å². The van der Waals surface area contributed by atoms with E-state index >= 15 is 0 Å². The van der Waals surface area contributed by atoms with E-state index < -0.39 is 0 Å². The van der Waals surface area contributed by atoms with Gasteiger partial charge >= 0.3 is 0 Å². The van der Waals surface area contributed by atoms with Gasteiger partial charge in [-0.15, -0.1) is 11.3 Å². The molecule has 286 valence electrons. The number of benzene rings is 9. The van der Waals surface area contributed by atoms with Crippen molar-refractivity contribution in [1.29, 1.82) is 0 Å². The molecule has 9 aromatic carbocycles. The number of fused-ring (bicyclic) bond motifs is 10. The summed E-state index contributed by atoms with van der Waals surface area (Å²) in [6.45, 7) is 9.69. The van der Waals surface area contributed by atoms with Crippen LogP contribution in [0.25, 0.3) is 75.5 Å². The molecule has 0 atom stereocenters. The molecule has 0 bridgehead atoms. The van der Waals surface area contributed by atoms with Crippen LogP contribution in [0.1, 0.15) is 49.9 Å². The highest BCUT2D eigenvalue weighted by Gasteiger charge is 2.44. The molecule has 0 fully saturated rings. The Labute approximate surface area is 355 Å². The second-order valence-electron chi connectivity index (χ2n) is 17.7. The molecule has 60 heavy (non-hydrogen) atoms. The summed E-state index contributed by atoms with van der Waals surface area (Å²) in [6, 6.07) is 70.5. The highest BCUT2D eigenvalue weighted by atomic mass is 32.1. The lowest BCUT2D eigenvalue weighted by atomic mass is 9.78. The van der Waals surface area contributed by atoms with Crippen LogP contribution < -0.4 is 4.90 Å². The van der Waals surface area contributed by atoms with Crippen molar-refractivity contribution in [3.8, 4) is 44.5 Å². The van der Waals surface area contributed by atoms with Crippen LogP contribution in [0.4, 0.5) is 17.1 Å². The van der Waals surface area contributed by atoms with Crippen LogP contribution in [0.5, 0.6) is 0 Å². The average molecular weight is 786 g/mol. The second kappa shape index (κ2) is 12.9. The molecule has 2 aliphatic rings. The Hall–Kier alpha value is -6.74. The van der Waals surface area contributed by atoms with E-state index in [2.05, 4.69) is 221 Å². The zero-order chi connectivity index (χ0) is 40.3. The average Bonchev–Trinajstić information content (AvgIpc) is 3.85. The molecule has 2 aliphatic carbocycles. The van der Waals surface area contributed by atoms with Gasteiger partial charge in [0, 0.05) is 42.1 Å². The summed E-state index contributed by atoms with van der Waals surface area (Å²) in [6.07, 6.45) is 0. The molecule has 0 saturated carbocycles. The number of hydrogen-bond donors (Lipinski definition) is 0. The van der Waals surface area contributed by atoms with E-state index in [0.29, 0.717) is 0 Å². The molecule has 0 N–H and O–H groups in total. The van der Waals surface area contributed by atoms with Crippen molar-refractivity contribution in [3.05, 3.63) is 210 Å². The highest BCUT2D eigenvalue weighted by Crippen LogP contribution is 2.60. The van der Waals surface area contributed by atoms with Gasteiger partial charge < -0.3 is 4.90 Å². The zero-order valence-electron chi connectivity index (χ0n) is 34.3. The van der Waals surface area contributed by atoms with E-state index in [1.165, 1.54) is 109 Å². The molecule has 10 aromatic rings. The van der Waals surface area contributed by atoms with Gasteiger partial charge in [-0.05, 0) is 127 Å². The Morgan fingerprint density at radius 3 is 1.83 bits per heavy atom. The Kier molecular flexibility index (Phi) is 7.56. The predicted molar refractivity (Wildman–Crippen MR) is 258 cm³/mol. The first-order valence-electron chi connectivity index (χ1n) is 21.1. The van der Waals surface area contributed by atoms with Crippen LogP contribution in [0.2, 0.25) is 0 Å². The molecule has 12 rings (SSSR count). The molecular weight excluding hydrogens is 743 g/mol. The van der Waals surface area contributed by atoms with Gasteiger partial charge in [-0.2, -0.15) is 0 Å². The zero-order valence-corrected chi connectivity index (χ0v) is 35.1. The lowest BCUT2D eigenvalue weighted by molar-refractivity contribution is 0.652. The topological polar surface area (TPSA) is 3.24 Å². The van der Waals surface area contributed by atoms with Crippen LogP contribution in [0, 0.1) is 0 Å². The lowest BCUT2D eigenvalue weighted by Gasteiger charge is -2.33. The molecule has 1 heterocycles. The van der Waals surface area contributed by atoms with Gasteiger partial charge in [0.1, 0.15) is 0 Å². The first kappa shape index (κ1) is 35.2. The van der Waals surface area contributed by atoms with Crippen molar-refractivity contribution in [2.24, 2.45) is 0 Å². The SMILES string of the molecule is CC1(C)c2ccccc2-c2cc3c(cc21)-c1cc(-c2ccc4c(c2)sc2ccccc24)cc(N(c2ccc(-c4ccccc4)cc2)c2cccc4ccccc24)c1C3(C)C. The number of rotatable bonds is 5. The predicted octanol–water partition coefficient (Wildman–Crippen LogP) is 16.6. The molecule has 0 aliphatic heterocycles. The van der Waals surface area contributed by atoms with Gasteiger partial charge in [0.25, 0.3) is 0 Å². The molecule has 0 saturated heterocycles. The molecule has 0 unspecified atom stereocenters. The van der Waals surface area contributed by atoms with Gasteiger partial charge in [0.05, 0.1) is 11.4 Å².